The summed E-state index contributed by atoms with van der Waals surface area (Å²) in [5.74, 6) is 0.0725. The summed E-state index contributed by atoms with van der Waals surface area (Å²) in [6.45, 7) is 6.32. The van der Waals surface area contributed by atoms with Crippen molar-refractivity contribution in [2.24, 2.45) is 5.73 Å². The Morgan fingerprint density at radius 2 is 2.12 bits per heavy atom. The zero-order valence-electron chi connectivity index (χ0n) is 10.1. The second-order valence-electron chi connectivity index (χ2n) is 4.06. The number of rotatable bonds is 4. The second-order valence-corrected chi connectivity index (χ2v) is 4.86. The van der Waals surface area contributed by atoms with E-state index in [0.717, 1.165) is 10.2 Å². The SMILES string of the molecule is CC(C)c1[nH]nc(C(=O)N[C@@H](C)CN)c1Br.Cl. The van der Waals surface area contributed by atoms with E-state index in [1.165, 1.54) is 0 Å². The molecule has 1 aromatic rings. The van der Waals surface area contributed by atoms with Crippen LogP contribution in [0.25, 0.3) is 0 Å². The second kappa shape index (κ2) is 6.98. The molecule has 0 saturated carbocycles. The predicted octanol–water partition coefficient (Wildman–Crippen LogP) is 1.79. The number of aromatic nitrogens is 2. The third-order valence-electron chi connectivity index (χ3n) is 2.26. The molecular weight excluding hydrogens is 307 g/mol. The normalized spacial score (nSPS) is 12.1. The van der Waals surface area contributed by atoms with Crippen LogP contribution < -0.4 is 11.1 Å². The van der Waals surface area contributed by atoms with Gasteiger partial charge in [-0.05, 0) is 28.8 Å². The average molecular weight is 326 g/mol. The van der Waals surface area contributed by atoms with Gasteiger partial charge in [-0.25, -0.2) is 0 Å². The molecule has 4 N–H and O–H groups in total. The highest BCUT2D eigenvalue weighted by Crippen LogP contribution is 2.25. The Morgan fingerprint density at radius 1 is 1.53 bits per heavy atom. The van der Waals surface area contributed by atoms with Gasteiger partial charge in [0, 0.05) is 12.6 Å². The van der Waals surface area contributed by atoms with E-state index in [0.29, 0.717) is 12.2 Å². The fraction of sp³-hybridized carbons (Fsp3) is 0.600. The Bertz CT molecular complexity index is 380. The first-order valence-corrected chi connectivity index (χ1v) is 6.01. The molecule has 98 valence electrons. The van der Waals surface area contributed by atoms with Gasteiger partial charge in [-0.15, -0.1) is 12.4 Å². The van der Waals surface area contributed by atoms with Gasteiger partial charge in [0.2, 0.25) is 0 Å². The highest BCUT2D eigenvalue weighted by Gasteiger charge is 2.19. The molecule has 0 unspecified atom stereocenters. The molecule has 1 amide bonds. The number of aromatic amines is 1. The predicted molar refractivity (Wildman–Crippen MR) is 73.6 cm³/mol. The maximum absolute atomic E-state index is 11.8. The van der Waals surface area contributed by atoms with Crippen LogP contribution in [-0.2, 0) is 0 Å². The molecule has 0 aliphatic rings. The number of halogens is 2. The Morgan fingerprint density at radius 3 is 2.53 bits per heavy atom. The first-order valence-electron chi connectivity index (χ1n) is 5.22. The number of nitrogens with two attached hydrogens (primary N) is 1. The summed E-state index contributed by atoms with van der Waals surface area (Å²) in [7, 11) is 0. The van der Waals surface area contributed by atoms with Gasteiger partial charge in [0.1, 0.15) is 0 Å². The Balaban J connectivity index is 0.00000256. The van der Waals surface area contributed by atoms with Crippen molar-refractivity contribution in [1.29, 1.82) is 0 Å². The highest BCUT2D eigenvalue weighted by atomic mass is 79.9. The molecule has 1 rings (SSSR count). The minimum Gasteiger partial charge on any atom is -0.347 e. The van der Waals surface area contributed by atoms with Gasteiger partial charge in [0.25, 0.3) is 5.91 Å². The molecule has 7 heteroatoms. The van der Waals surface area contributed by atoms with Crippen molar-refractivity contribution in [3.05, 3.63) is 15.9 Å². The molecule has 0 radical (unpaired) electrons. The van der Waals surface area contributed by atoms with Gasteiger partial charge < -0.3 is 11.1 Å². The number of hydrogen-bond donors (Lipinski definition) is 3. The average Bonchev–Trinajstić information content (AvgIpc) is 2.59. The molecule has 1 atom stereocenters. The fourth-order valence-corrected chi connectivity index (χ4v) is 2.04. The highest BCUT2D eigenvalue weighted by molar-refractivity contribution is 9.10. The van der Waals surface area contributed by atoms with Gasteiger partial charge in [-0.3, -0.25) is 9.89 Å². The van der Waals surface area contributed by atoms with E-state index in [-0.39, 0.29) is 30.3 Å². The summed E-state index contributed by atoms with van der Waals surface area (Å²) >= 11 is 3.38. The van der Waals surface area contributed by atoms with E-state index in [4.69, 9.17) is 5.73 Å². The van der Waals surface area contributed by atoms with Crippen molar-refractivity contribution in [1.82, 2.24) is 15.5 Å². The van der Waals surface area contributed by atoms with E-state index >= 15 is 0 Å². The van der Waals surface area contributed by atoms with Gasteiger partial charge in [-0.2, -0.15) is 5.10 Å². The van der Waals surface area contributed by atoms with Crippen molar-refractivity contribution in [2.45, 2.75) is 32.7 Å². The molecule has 0 spiro atoms. The van der Waals surface area contributed by atoms with Gasteiger partial charge in [-0.1, -0.05) is 13.8 Å². The summed E-state index contributed by atoms with van der Waals surface area (Å²) < 4.78 is 0.726. The largest absolute Gasteiger partial charge is 0.347 e. The molecule has 5 nitrogen and oxygen atoms in total. The lowest BCUT2D eigenvalue weighted by Crippen LogP contribution is -2.38. The smallest absolute Gasteiger partial charge is 0.273 e. The number of carbonyl (C=O) groups excluding carboxylic acids is 1. The minimum atomic E-state index is -0.215. The van der Waals surface area contributed by atoms with Crippen molar-refractivity contribution in [3.8, 4) is 0 Å². The van der Waals surface area contributed by atoms with Crippen molar-refractivity contribution >= 4 is 34.2 Å². The molecular formula is C10H18BrClN4O. The quantitative estimate of drug-likeness (QED) is 0.789. The summed E-state index contributed by atoms with van der Waals surface area (Å²) in [5.41, 5.74) is 6.74. The van der Waals surface area contributed by atoms with Crippen LogP contribution in [0, 0.1) is 0 Å². The van der Waals surface area contributed by atoms with E-state index in [1.54, 1.807) is 0 Å². The molecule has 1 aromatic heterocycles. The lowest BCUT2D eigenvalue weighted by atomic mass is 10.1. The molecule has 0 fully saturated rings. The topological polar surface area (TPSA) is 83.8 Å². The first kappa shape index (κ1) is 16.4. The third kappa shape index (κ3) is 3.97. The maximum atomic E-state index is 11.8. The number of H-pyrrole nitrogens is 1. The van der Waals surface area contributed by atoms with Gasteiger partial charge in [0.05, 0.1) is 10.2 Å². The van der Waals surface area contributed by atoms with Crippen LogP contribution in [0.15, 0.2) is 4.47 Å². The molecule has 17 heavy (non-hydrogen) atoms. The van der Waals surface area contributed by atoms with E-state index in [1.807, 2.05) is 20.8 Å². The van der Waals surface area contributed by atoms with Crippen LogP contribution in [0.2, 0.25) is 0 Å². The lowest BCUT2D eigenvalue weighted by molar-refractivity contribution is 0.0935. The van der Waals surface area contributed by atoms with Gasteiger partial charge >= 0.3 is 0 Å². The van der Waals surface area contributed by atoms with Gasteiger partial charge in [0.15, 0.2) is 5.69 Å². The Kier molecular flexibility index (Phi) is 6.74. The van der Waals surface area contributed by atoms with Crippen molar-refractivity contribution < 1.29 is 4.79 Å². The molecule has 0 saturated heterocycles. The molecule has 0 aliphatic heterocycles. The lowest BCUT2D eigenvalue weighted by Gasteiger charge is -2.09. The summed E-state index contributed by atoms with van der Waals surface area (Å²) in [6, 6.07) is -0.0569. The third-order valence-corrected chi connectivity index (χ3v) is 3.06. The Hall–Kier alpha value is -0.590. The Labute approximate surface area is 115 Å². The number of nitrogens with zero attached hydrogens (tertiary/aromatic N) is 1. The van der Waals surface area contributed by atoms with Crippen LogP contribution in [-0.4, -0.2) is 28.7 Å². The number of hydrogen-bond acceptors (Lipinski definition) is 3. The number of amides is 1. The summed E-state index contributed by atoms with van der Waals surface area (Å²) in [4.78, 5) is 11.8. The van der Waals surface area contributed by atoms with Crippen LogP contribution >= 0.6 is 28.3 Å². The standard InChI is InChI=1S/C10H17BrN4O.ClH/c1-5(2)8-7(11)9(15-14-8)10(16)13-6(3)4-12;/h5-6H,4,12H2,1-3H3,(H,13,16)(H,14,15);1H/t6-;/m0./s1. The number of nitrogens with one attached hydrogen (secondary N) is 2. The van der Waals surface area contributed by atoms with Crippen LogP contribution in [0.5, 0.6) is 0 Å². The van der Waals surface area contributed by atoms with E-state index in [9.17, 15) is 4.79 Å². The van der Waals surface area contributed by atoms with Crippen LogP contribution in [0.3, 0.4) is 0 Å². The van der Waals surface area contributed by atoms with Crippen molar-refractivity contribution in [3.63, 3.8) is 0 Å². The molecule has 1 heterocycles. The monoisotopic (exact) mass is 324 g/mol. The minimum absolute atomic E-state index is 0. The fourth-order valence-electron chi connectivity index (χ4n) is 1.23. The van der Waals surface area contributed by atoms with E-state index < -0.39 is 0 Å². The summed E-state index contributed by atoms with van der Waals surface area (Å²) in [6.07, 6.45) is 0. The molecule has 0 bridgehead atoms. The maximum Gasteiger partial charge on any atom is 0.273 e. The zero-order valence-corrected chi connectivity index (χ0v) is 12.5. The van der Waals surface area contributed by atoms with Crippen LogP contribution in [0.1, 0.15) is 42.9 Å². The number of carbonyl (C=O) groups is 1. The summed E-state index contributed by atoms with van der Waals surface area (Å²) in [5, 5.41) is 9.62. The first-order chi connectivity index (χ1) is 7.47. The molecule has 0 aromatic carbocycles. The van der Waals surface area contributed by atoms with E-state index in [2.05, 4.69) is 31.4 Å². The molecule has 0 aliphatic carbocycles. The van der Waals surface area contributed by atoms with Crippen LogP contribution in [0.4, 0.5) is 0 Å². The van der Waals surface area contributed by atoms with Crippen molar-refractivity contribution in [2.75, 3.05) is 6.54 Å². The zero-order chi connectivity index (χ0) is 12.3.